The van der Waals surface area contributed by atoms with Gasteiger partial charge in [-0.1, -0.05) is 68.7 Å². The van der Waals surface area contributed by atoms with Crippen LogP contribution in [0.4, 0.5) is 0 Å². The molecule has 3 aromatic rings. The van der Waals surface area contributed by atoms with Crippen LogP contribution in [0.3, 0.4) is 0 Å². The van der Waals surface area contributed by atoms with Crippen LogP contribution in [0.2, 0.25) is 0 Å². The first-order valence-electron chi connectivity index (χ1n) is 11.3. The van der Waals surface area contributed by atoms with E-state index in [0.29, 0.717) is 18.0 Å². The molecule has 0 bridgehead atoms. The van der Waals surface area contributed by atoms with Crippen LogP contribution < -0.4 is 5.69 Å². The van der Waals surface area contributed by atoms with Gasteiger partial charge >= 0.3 is 11.7 Å². The lowest BCUT2D eigenvalue weighted by Crippen LogP contribution is -2.29. The molecule has 0 radical (unpaired) electrons. The van der Waals surface area contributed by atoms with Crippen LogP contribution in [0.5, 0.6) is 0 Å². The maximum atomic E-state index is 13.1. The van der Waals surface area contributed by atoms with Crippen molar-refractivity contribution in [2.75, 3.05) is 0 Å². The number of carboxylic acid groups (broad SMARTS) is 1. The lowest BCUT2D eigenvalue weighted by Gasteiger charge is -2.22. The minimum absolute atomic E-state index is 0.188. The molecule has 32 heavy (non-hydrogen) atoms. The molecule has 0 aliphatic heterocycles. The molecule has 4 rings (SSSR count). The monoisotopic (exact) mass is 432 g/mol. The molecule has 0 saturated heterocycles. The van der Waals surface area contributed by atoms with E-state index in [9.17, 15) is 19.5 Å². The maximum absolute atomic E-state index is 13.1. The van der Waals surface area contributed by atoms with Gasteiger partial charge in [0.1, 0.15) is 0 Å². The van der Waals surface area contributed by atoms with Crippen LogP contribution in [0.15, 0.2) is 59.5 Å². The normalized spacial score (nSPS) is 14.4. The molecule has 6 nitrogen and oxygen atoms in total. The summed E-state index contributed by atoms with van der Waals surface area (Å²) in [7, 11) is 0. The van der Waals surface area contributed by atoms with Gasteiger partial charge in [-0.2, -0.15) is 0 Å². The molecule has 1 N–H and O–H groups in total. The van der Waals surface area contributed by atoms with E-state index in [4.69, 9.17) is 0 Å². The number of hydrogen-bond donors (Lipinski definition) is 1. The van der Waals surface area contributed by atoms with Gasteiger partial charge in [0.25, 0.3) is 0 Å². The number of aromatic nitrogens is 2. The molecule has 1 aromatic heterocycles. The molecule has 1 aliphatic rings. The largest absolute Gasteiger partial charge is 0.478 e. The van der Waals surface area contributed by atoms with E-state index in [1.54, 1.807) is 35.9 Å². The summed E-state index contributed by atoms with van der Waals surface area (Å²) in [6.07, 6.45) is 7.61. The Kier molecular flexibility index (Phi) is 6.40. The molecular formula is C26H28N2O4. The lowest BCUT2D eigenvalue weighted by molar-refractivity contribution is 0.0697. The second kappa shape index (κ2) is 9.39. The Morgan fingerprint density at radius 3 is 2.34 bits per heavy atom. The maximum Gasteiger partial charge on any atom is 0.336 e. The Hall–Kier alpha value is -3.41. The number of benzene rings is 2. The zero-order valence-electron chi connectivity index (χ0n) is 18.3. The van der Waals surface area contributed by atoms with Crippen molar-refractivity contribution in [2.45, 2.75) is 57.9 Å². The summed E-state index contributed by atoms with van der Waals surface area (Å²) in [5.41, 5.74) is 3.32. The number of imidazole rings is 1. The number of aromatic carboxylic acids is 1. The Bertz CT molecular complexity index is 1180. The highest BCUT2D eigenvalue weighted by Gasteiger charge is 2.24. The second-order valence-electron chi connectivity index (χ2n) is 8.42. The zero-order valence-corrected chi connectivity index (χ0v) is 18.3. The molecule has 6 heteroatoms. The fourth-order valence-electron chi connectivity index (χ4n) is 4.62. The van der Waals surface area contributed by atoms with E-state index in [1.807, 2.05) is 30.3 Å². The summed E-state index contributed by atoms with van der Waals surface area (Å²) in [4.78, 5) is 37.0. The van der Waals surface area contributed by atoms with Gasteiger partial charge in [0, 0.05) is 24.2 Å². The molecule has 1 heterocycles. The number of nitrogens with zero attached hydrogens (tertiary/aromatic N) is 2. The number of carbonyl (C=O) groups excluding carboxylic acids is 1. The lowest BCUT2D eigenvalue weighted by atomic mass is 9.87. The van der Waals surface area contributed by atoms with Crippen LogP contribution >= 0.6 is 0 Å². The predicted octanol–water partition coefficient (Wildman–Crippen LogP) is 5.16. The Morgan fingerprint density at radius 1 is 1.00 bits per heavy atom. The SMILES string of the molecule is CCC(=O)n1cc(C2CCCCC2)n(Cc2ccc(-c3ccccc3C(=O)O)cc2)c1=O. The number of carboxylic acids is 1. The van der Waals surface area contributed by atoms with Crippen molar-refractivity contribution in [3.05, 3.63) is 82.0 Å². The van der Waals surface area contributed by atoms with Crippen LogP contribution in [-0.4, -0.2) is 26.1 Å². The third-order valence-corrected chi connectivity index (χ3v) is 6.37. The molecule has 1 fully saturated rings. The molecule has 166 valence electrons. The van der Waals surface area contributed by atoms with Crippen LogP contribution in [0, 0.1) is 0 Å². The summed E-state index contributed by atoms with van der Waals surface area (Å²) in [5, 5.41) is 9.46. The Labute approximate surface area is 187 Å². The van der Waals surface area contributed by atoms with Gasteiger partial charge in [0.05, 0.1) is 12.1 Å². The minimum Gasteiger partial charge on any atom is -0.478 e. The molecule has 0 atom stereocenters. The first kappa shape index (κ1) is 21.8. The predicted molar refractivity (Wildman–Crippen MR) is 123 cm³/mol. The van der Waals surface area contributed by atoms with Gasteiger partial charge in [-0.15, -0.1) is 0 Å². The quantitative estimate of drug-likeness (QED) is 0.583. The van der Waals surface area contributed by atoms with Crippen LogP contribution in [0.25, 0.3) is 11.1 Å². The summed E-state index contributed by atoms with van der Waals surface area (Å²) >= 11 is 0. The Balaban J connectivity index is 1.67. The van der Waals surface area contributed by atoms with E-state index in [2.05, 4.69) is 0 Å². The molecular weight excluding hydrogens is 404 g/mol. The first-order chi connectivity index (χ1) is 15.5. The highest BCUT2D eigenvalue weighted by molar-refractivity contribution is 5.96. The topological polar surface area (TPSA) is 81.3 Å². The Morgan fingerprint density at radius 2 is 1.69 bits per heavy atom. The molecule has 1 aliphatic carbocycles. The molecule has 1 saturated carbocycles. The fourth-order valence-corrected chi connectivity index (χ4v) is 4.62. The van der Waals surface area contributed by atoms with Crippen molar-refractivity contribution >= 4 is 11.9 Å². The standard InChI is InChI=1S/C26H28N2O4/c1-2-24(29)28-17-23(20-8-4-3-5-9-20)27(26(28)32)16-18-12-14-19(15-13-18)21-10-6-7-11-22(21)25(30)31/h6-7,10-15,17,20H,2-5,8-9,16H2,1H3,(H,30,31). The second-order valence-corrected chi connectivity index (χ2v) is 8.42. The van der Waals surface area contributed by atoms with Crippen molar-refractivity contribution in [1.82, 2.24) is 9.13 Å². The van der Waals surface area contributed by atoms with Gasteiger partial charge in [0.15, 0.2) is 0 Å². The molecule has 0 spiro atoms. The van der Waals surface area contributed by atoms with Gasteiger partial charge in [-0.25, -0.2) is 14.2 Å². The first-order valence-corrected chi connectivity index (χ1v) is 11.3. The smallest absolute Gasteiger partial charge is 0.336 e. The highest BCUT2D eigenvalue weighted by atomic mass is 16.4. The molecule has 0 unspecified atom stereocenters. The van der Waals surface area contributed by atoms with E-state index in [0.717, 1.165) is 42.5 Å². The van der Waals surface area contributed by atoms with Crippen molar-refractivity contribution in [2.24, 2.45) is 0 Å². The van der Waals surface area contributed by atoms with Crippen molar-refractivity contribution in [1.29, 1.82) is 0 Å². The average molecular weight is 433 g/mol. The van der Waals surface area contributed by atoms with Gasteiger partial charge in [-0.3, -0.25) is 9.36 Å². The summed E-state index contributed by atoms with van der Waals surface area (Å²) < 4.78 is 3.01. The molecule has 0 amide bonds. The average Bonchev–Trinajstić information content (AvgIpc) is 3.15. The third-order valence-electron chi connectivity index (χ3n) is 6.37. The van der Waals surface area contributed by atoms with Gasteiger partial charge in [-0.05, 0) is 35.6 Å². The van der Waals surface area contributed by atoms with Crippen molar-refractivity contribution < 1.29 is 14.7 Å². The molecule has 2 aromatic carbocycles. The van der Waals surface area contributed by atoms with Gasteiger partial charge < -0.3 is 5.11 Å². The fraction of sp³-hybridized carbons (Fsp3) is 0.346. The summed E-state index contributed by atoms with van der Waals surface area (Å²) in [6, 6.07) is 14.5. The minimum atomic E-state index is -0.963. The van der Waals surface area contributed by atoms with Crippen LogP contribution in [-0.2, 0) is 6.54 Å². The number of hydrogen-bond acceptors (Lipinski definition) is 3. The summed E-state index contributed by atoms with van der Waals surface area (Å²) in [5.74, 6) is -0.856. The van der Waals surface area contributed by atoms with Crippen LogP contribution in [0.1, 0.15) is 77.8 Å². The van der Waals surface area contributed by atoms with E-state index >= 15 is 0 Å². The third kappa shape index (κ3) is 4.31. The van der Waals surface area contributed by atoms with E-state index < -0.39 is 5.97 Å². The van der Waals surface area contributed by atoms with Gasteiger partial charge in [0.2, 0.25) is 5.91 Å². The van der Waals surface area contributed by atoms with Crippen molar-refractivity contribution in [3.63, 3.8) is 0 Å². The number of rotatable bonds is 6. The van der Waals surface area contributed by atoms with E-state index in [1.165, 1.54) is 11.0 Å². The zero-order chi connectivity index (χ0) is 22.7. The number of carbonyl (C=O) groups is 2. The van der Waals surface area contributed by atoms with Crippen molar-refractivity contribution in [3.8, 4) is 11.1 Å². The highest BCUT2D eigenvalue weighted by Crippen LogP contribution is 2.32. The summed E-state index contributed by atoms with van der Waals surface area (Å²) in [6.45, 7) is 2.15. The van der Waals surface area contributed by atoms with E-state index in [-0.39, 0.29) is 23.6 Å².